The number of hydrogen-bond donors (Lipinski definition) is 2. The van der Waals surface area contributed by atoms with Gasteiger partial charge in [-0.2, -0.15) is 0 Å². The van der Waals surface area contributed by atoms with Crippen LogP contribution in [-0.4, -0.2) is 69.2 Å². The summed E-state index contributed by atoms with van der Waals surface area (Å²) in [4.78, 5) is 30.4. The molecule has 33 heavy (non-hydrogen) atoms. The van der Waals surface area contributed by atoms with E-state index in [1.165, 1.54) is 0 Å². The van der Waals surface area contributed by atoms with Crippen molar-refractivity contribution in [3.05, 3.63) is 59.2 Å². The molecule has 0 spiro atoms. The molecular formula is C26H34N4O3. The van der Waals surface area contributed by atoms with Gasteiger partial charge in [0, 0.05) is 49.7 Å². The summed E-state index contributed by atoms with van der Waals surface area (Å²) in [6, 6.07) is 13.1. The van der Waals surface area contributed by atoms with Crippen molar-refractivity contribution in [1.82, 2.24) is 10.2 Å². The van der Waals surface area contributed by atoms with Crippen molar-refractivity contribution in [2.24, 2.45) is 0 Å². The molecule has 2 aliphatic heterocycles. The first-order valence-corrected chi connectivity index (χ1v) is 12.0. The third kappa shape index (κ3) is 6.33. The SMILES string of the molecule is Cc1ccc(C(=O)Nc2ccc(N3CCCC3)c(C(=O)NCCCN3CCOCC3)c2)cc1. The summed E-state index contributed by atoms with van der Waals surface area (Å²) < 4.78 is 5.39. The van der Waals surface area contributed by atoms with E-state index in [4.69, 9.17) is 4.74 Å². The van der Waals surface area contributed by atoms with Crippen molar-refractivity contribution in [3.8, 4) is 0 Å². The van der Waals surface area contributed by atoms with Crippen molar-refractivity contribution >= 4 is 23.2 Å². The van der Waals surface area contributed by atoms with Crippen LogP contribution in [-0.2, 0) is 4.74 Å². The second kappa shape index (κ2) is 11.3. The molecule has 2 saturated heterocycles. The largest absolute Gasteiger partial charge is 0.379 e. The van der Waals surface area contributed by atoms with Gasteiger partial charge in [-0.05, 0) is 63.1 Å². The number of aryl methyl sites for hydroxylation is 1. The second-order valence-corrected chi connectivity index (χ2v) is 8.81. The molecule has 2 aliphatic rings. The number of morpholine rings is 1. The lowest BCUT2D eigenvalue weighted by Crippen LogP contribution is -2.38. The Hall–Kier alpha value is -2.90. The number of nitrogens with one attached hydrogen (secondary N) is 2. The number of hydrogen-bond acceptors (Lipinski definition) is 5. The first kappa shape index (κ1) is 23.3. The maximum atomic E-state index is 13.1. The highest BCUT2D eigenvalue weighted by Gasteiger charge is 2.21. The van der Waals surface area contributed by atoms with Crippen LogP contribution in [0.3, 0.4) is 0 Å². The molecule has 2 N–H and O–H groups in total. The van der Waals surface area contributed by atoms with E-state index in [1.807, 2.05) is 43.3 Å². The third-order valence-electron chi connectivity index (χ3n) is 6.30. The van der Waals surface area contributed by atoms with Gasteiger partial charge in [0.1, 0.15) is 0 Å². The van der Waals surface area contributed by atoms with Gasteiger partial charge in [-0.1, -0.05) is 17.7 Å². The van der Waals surface area contributed by atoms with E-state index in [0.717, 1.165) is 76.5 Å². The van der Waals surface area contributed by atoms with E-state index in [-0.39, 0.29) is 11.8 Å². The molecule has 0 aromatic heterocycles. The fraction of sp³-hybridized carbons (Fsp3) is 0.462. The van der Waals surface area contributed by atoms with E-state index in [0.29, 0.717) is 23.4 Å². The molecule has 4 rings (SSSR count). The monoisotopic (exact) mass is 450 g/mol. The van der Waals surface area contributed by atoms with Crippen molar-refractivity contribution in [2.45, 2.75) is 26.2 Å². The zero-order valence-electron chi connectivity index (χ0n) is 19.4. The Morgan fingerprint density at radius 2 is 1.67 bits per heavy atom. The zero-order valence-corrected chi connectivity index (χ0v) is 19.4. The molecule has 0 atom stereocenters. The van der Waals surface area contributed by atoms with Crippen LogP contribution >= 0.6 is 0 Å². The number of carbonyl (C=O) groups is 2. The highest BCUT2D eigenvalue weighted by Crippen LogP contribution is 2.28. The summed E-state index contributed by atoms with van der Waals surface area (Å²) in [7, 11) is 0. The number of ether oxygens (including phenoxy) is 1. The minimum atomic E-state index is -0.180. The zero-order chi connectivity index (χ0) is 23.0. The van der Waals surface area contributed by atoms with Gasteiger partial charge in [0.2, 0.25) is 0 Å². The van der Waals surface area contributed by atoms with Crippen molar-refractivity contribution in [2.75, 3.05) is 62.7 Å². The van der Waals surface area contributed by atoms with Crippen molar-refractivity contribution in [3.63, 3.8) is 0 Å². The predicted octanol–water partition coefficient (Wildman–Crippen LogP) is 3.30. The summed E-state index contributed by atoms with van der Waals surface area (Å²) >= 11 is 0. The van der Waals surface area contributed by atoms with Gasteiger partial charge in [0.15, 0.2) is 0 Å². The number of carbonyl (C=O) groups excluding carboxylic acids is 2. The highest BCUT2D eigenvalue weighted by molar-refractivity contribution is 6.06. The van der Waals surface area contributed by atoms with Gasteiger partial charge in [-0.25, -0.2) is 0 Å². The molecule has 2 heterocycles. The predicted molar refractivity (Wildman–Crippen MR) is 131 cm³/mol. The topological polar surface area (TPSA) is 73.9 Å². The quantitative estimate of drug-likeness (QED) is 0.604. The Morgan fingerprint density at radius 1 is 0.939 bits per heavy atom. The first-order chi connectivity index (χ1) is 16.1. The molecule has 0 aliphatic carbocycles. The van der Waals surface area contributed by atoms with E-state index in [2.05, 4.69) is 20.4 Å². The van der Waals surface area contributed by atoms with Crippen molar-refractivity contribution in [1.29, 1.82) is 0 Å². The van der Waals surface area contributed by atoms with Gasteiger partial charge in [0.05, 0.1) is 18.8 Å². The van der Waals surface area contributed by atoms with Crippen LogP contribution in [0.25, 0.3) is 0 Å². The molecular weight excluding hydrogens is 416 g/mol. The van der Waals surface area contributed by atoms with Crippen molar-refractivity contribution < 1.29 is 14.3 Å². The minimum Gasteiger partial charge on any atom is -0.379 e. The number of benzene rings is 2. The van der Waals surface area contributed by atoms with Gasteiger partial charge in [0.25, 0.3) is 11.8 Å². The maximum Gasteiger partial charge on any atom is 0.255 e. The smallest absolute Gasteiger partial charge is 0.255 e. The van der Waals surface area contributed by atoms with Crippen LogP contribution in [0.5, 0.6) is 0 Å². The lowest BCUT2D eigenvalue weighted by Gasteiger charge is -2.26. The summed E-state index contributed by atoms with van der Waals surface area (Å²) in [6.45, 7) is 8.94. The first-order valence-electron chi connectivity index (χ1n) is 12.0. The number of anilines is 2. The van der Waals surface area contributed by atoms with Crippen LogP contribution in [0.2, 0.25) is 0 Å². The molecule has 176 valence electrons. The Morgan fingerprint density at radius 3 is 2.39 bits per heavy atom. The van der Waals surface area contributed by atoms with E-state index < -0.39 is 0 Å². The minimum absolute atomic E-state index is 0.0923. The van der Waals surface area contributed by atoms with E-state index in [9.17, 15) is 9.59 Å². The number of nitrogens with zero attached hydrogens (tertiary/aromatic N) is 2. The Balaban J connectivity index is 1.42. The molecule has 0 saturated carbocycles. The summed E-state index contributed by atoms with van der Waals surface area (Å²) in [5.41, 5.74) is 3.88. The Bertz CT molecular complexity index is 949. The van der Waals surface area contributed by atoms with Crippen LogP contribution < -0.4 is 15.5 Å². The average molecular weight is 451 g/mol. The molecule has 7 heteroatoms. The van der Waals surface area contributed by atoms with Gasteiger partial charge < -0.3 is 20.3 Å². The molecule has 2 aromatic rings. The van der Waals surface area contributed by atoms with Crippen LogP contribution in [0.15, 0.2) is 42.5 Å². The van der Waals surface area contributed by atoms with E-state index in [1.54, 1.807) is 6.07 Å². The van der Waals surface area contributed by atoms with E-state index >= 15 is 0 Å². The van der Waals surface area contributed by atoms with Crippen LogP contribution in [0, 0.1) is 6.92 Å². The summed E-state index contributed by atoms with van der Waals surface area (Å²) in [5.74, 6) is -0.272. The lowest BCUT2D eigenvalue weighted by molar-refractivity contribution is 0.0374. The van der Waals surface area contributed by atoms with Crippen LogP contribution in [0.4, 0.5) is 11.4 Å². The Kier molecular flexibility index (Phi) is 7.96. The molecule has 7 nitrogen and oxygen atoms in total. The van der Waals surface area contributed by atoms with Gasteiger partial charge in [-0.15, -0.1) is 0 Å². The third-order valence-corrected chi connectivity index (χ3v) is 6.30. The van der Waals surface area contributed by atoms with Crippen LogP contribution in [0.1, 0.15) is 45.5 Å². The fourth-order valence-electron chi connectivity index (χ4n) is 4.36. The summed E-state index contributed by atoms with van der Waals surface area (Å²) in [5, 5.41) is 6.03. The Labute approximate surface area is 196 Å². The molecule has 0 radical (unpaired) electrons. The number of rotatable bonds is 8. The lowest BCUT2D eigenvalue weighted by atomic mass is 10.1. The fourth-order valence-corrected chi connectivity index (χ4v) is 4.36. The number of amides is 2. The van der Waals surface area contributed by atoms with Gasteiger partial charge >= 0.3 is 0 Å². The summed E-state index contributed by atoms with van der Waals surface area (Å²) in [6.07, 6.45) is 3.16. The average Bonchev–Trinajstić information content (AvgIpc) is 3.37. The molecule has 0 unspecified atom stereocenters. The second-order valence-electron chi connectivity index (χ2n) is 8.81. The highest BCUT2D eigenvalue weighted by atomic mass is 16.5. The molecule has 2 fully saturated rings. The molecule has 2 aromatic carbocycles. The maximum absolute atomic E-state index is 13.1. The normalized spacial score (nSPS) is 16.6. The molecule has 2 amide bonds. The molecule has 0 bridgehead atoms. The standard InChI is InChI=1S/C26H34N4O3/c1-20-5-7-21(8-6-20)25(31)28-22-9-10-24(30-13-2-3-14-30)23(19-22)26(32)27-11-4-12-29-15-17-33-18-16-29/h5-10,19H,2-4,11-18H2,1H3,(H,27,32)(H,28,31). The van der Waals surface area contributed by atoms with Gasteiger partial charge in [-0.3, -0.25) is 14.5 Å².